The van der Waals surface area contributed by atoms with Gasteiger partial charge in [0.25, 0.3) is 0 Å². The number of anilines is 3. The summed E-state index contributed by atoms with van der Waals surface area (Å²) >= 11 is 0. The Morgan fingerprint density at radius 3 is 1.63 bits per heavy atom. The maximum atomic E-state index is 6.46. The number of hydrogen-bond acceptors (Lipinski definition) is 2. The van der Waals surface area contributed by atoms with Crippen molar-refractivity contribution in [3.8, 4) is 39.1 Å². The van der Waals surface area contributed by atoms with Gasteiger partial charge in [-0.2, -0.15) is 0 Å². The number of nitrogens with zero attached hydrogens (tertiary/aromatic N) is 2. The summed E-state index contributed by atoms with van der Waals surface area (Å²) in [5.41, 5.74) is 15.4. The first-order valence-electron chi connectivity index (χ1n) is 19.4. The van der Waals surface area contributed by atoms with Gasteiger partial charge in [-0.05, 0) is 106 Å². The van der Waals surface area contributed by atoms with Crippen molar-refractivity contribution in [2.75, 3.05) is 4.90 Å². The van der Waals surface area contributed by atoms with Crippen LogP contribution in [0.5, 0.6) is 0 Å². The highest BCUT2D eigenvalue weighted by Gasteiger charge is 2.20. The van der Waals surface area contributed by atoms with Crippen LogP contribution in [-0.2, 0) is 0 Å². The Hall–Kier alpha value is -7.62. The molecular weight excluding hydrogens is 693 g/mol. The molecule has 2 heterocycles. The minimum atomic E-state index is 0.860. The number of rotatable bonds is 7. The van der Waals surface area contributed by atoms with Crippen LogP contribution in [0.4, 0.5) is 17.1 Å². The van der Waals surface area contributed by atoms with Crippen molar-refractivity contribution >= 4 is 60.8 Å². The Labute approximate surface area is 330 Å². The predicted molar refractivity (Wildman–Crippen MR) is 239 cm³/mol. The Morgan fingerprint density at radius 1 is 0.333 bits per heavy atom. The first-order chi connectivity index (χ1) is 28.3. The quantitative estimate of drug-likeness (QED) is 0.163. The molecule has 11 aromatic rings. The fourth-order valence-electron chi connectivity index (χ4n) is 8.54. The lowest BCUT2D eigenvalue weighted by Gasteiger charge is -2.27. The molecule has 0 unspecified atom stereocenters. The van der Waals surface area contributed by atoms with Crippen molar-refractivity contribution in [3.05, 3.63) is 218 Å². The van der Waals surface area contributed by atoms with Crippen LogP contribution in [0.1, 0.15) is 0 Å². The molecule has 0 aliphatic rings. The third-order valence-corrected chi connectivity index (χ3v) is 11.2. The highest BCUT2D eigenvalue weighted by atomic mass is 16.3. The molecular formula is C54H36N2O. The highest BCUT2D eigenvalue weighted by Crippen LogP contribution is 2.43. The van der Waals surface area contributed by atoms with Gasteiger partial charge < -0.3 is 13.9 Å². The zero-order chi connectivity index (χ0) is 37.7. The van der Waals surface area contributed by atoms with Crippen LogP contribution in [0, 0.1) is 0 Å². The van der Waals surface area contributed by atoms with Gasteiger partial charge in [-0.3, -0.25) is 0 Å². The Kier molecular flexibility index (Phi) is 7.82. The molecule has 0 saturated heterocycles. The monoisotopic (exact) mass is 728 g/mol. The van der Waals surface area contributed by atoms with Gasteiger partial charge in [-0.25, -0.2) is 0 Å². The molecule has 9 aromatic carbocycles. The lowest BCUT2D eigenvalue weighted by atomic mass is 9.96. The van der Waals surface area contributed by atoms with Crippen LogP contribution in [0.2, 0.25) is 0 Å². The van der Waals surface area contributed by atoms with E-state index in [1.165, 1.54) is 38.5 Å². The second-order valence-electron chi connectivity index (χ2n) is 14.5. The van der Waals surface area contributed by atoms with E-state index >= 15 is 0 Å². The van der Waals surface area contributed by atoms with Crippen molar-refractivity contribution in [2.45, 2.75) is 0 Å². The molecule has 57 heavy (non-hydrogen) atoms. The van der Waals surface area contributed by atoms with Gasteiger partial charge in [-0.15, -0.1) is 0 Å². The van der Waals surface area contributed by atoms with E-state index in [4.69, 9.17) is 4.42 Å². The molecule has 3 heteroatoms. The van der Waals surface area contributed by atoms with Gasteiger partial charge in [0, 0.05) is 50.4 Å². The SMILES string of the molecule is c1ccc(-c2cc(-c3ccccc3)cc(N(c3ccc(-c4cccc5c4c4ccccc4n5-c4ccccc4)cc3)c3ccc4c(c3)oc3ccccc34)c2)cc1. The van der Waals surface area contributed by atoms with Gasteiger partial charge in [0.1, 0.15) is 11.2 Å². The van der Waals surface area contributed by atoms with Gasteiger partial charge in [0.2, 0.25) is 0 Å². The van der Waals surface area contributed by atoms with E-state index in [1.807, 2.05) is 12.1 Å². The highest BCUT2D eigenvalue weighted by molar-refractivity contribution is 6.16. The van der Waals surface area contributed by atoms with Gasteiger partial charge in [0.15, 0.2) is 0 Å². The zero-order valence-corrected chi connectivity index (χ0v) is 31.1. The molecule has 0 saturated carbocycles. The van der Waals surface area contributed by atoms with Crippen LogP contribution < -0.4 is 4.90 Å². The predicted octanol–water partition coefficient (Wildman–Crippen LogP) is 15.2. The fraction of sp³-hybridized carbons (Fsp3) is 0. The molecule has 0 amide bonds. The molecule has 268 valence electrons. The lowest BCUT2D eigenvalue weighted by Crippen LogP contribution is -2.10. The Balaban J connectivity index is 1.10. The number of furan rings is 1. The van der Waals surface area contributed by atoms with Crippen molar-refractivity contribution in [1.29, 1.82) is 0 Å². The molecule has 0 aliphatic carbocycles. The van der Waals surface area contributed by atoms with Crippen molar-refractivity contribution < 1.29 is 4.42 Å². The molecule has 0 bridgehead atoms. The summed E-state index contributed by atoms with van der Waals surface area (Å²) in [5, 5.41) is 4.72. The summed E-state index contributed by atoms with van der Waals surface area (Å²) in [6, 6.07) is 78.2. The molecule has 3 nitrogen and oxygen atoms in total. The summed E-state index contributed by atoms with van der Waals surface area (Å²) < 4.78 is 8.84. The van der Waals surface area contributed by atoms with Crippen LogP contribution >= 0.6 is 0 Å². The van der Waals surface area contributed by atoms with Crippen molar-refractivity contribution in [2.24, 2.45) is 0 Å². The van der Waals surface area contributed by atoms with E-state index in [9.17, 15) is 0 Å². The minimum Gasteiger partial charge on any atom is -0.456 e. The van der Waals surface area contributed by atoms with E-state index in [1.54, 1.807) is 0 Å². The molecule has 0 spiro atoms. The lowest BCUT2D eigenvalue weighted by molar-refractivity contribution is 0.669. The van der Waals surface area contributed by atoms with Crippen LogP contribution in [0.3, 0.4) is 0 Å². The number of hydrogen-bond donors (Lipinski definition) is 0. The van der Waals surface area contributed by atoms with Gasteiger partial charge in [-0.1, -0.05) is 140 Å². The summed E-state index contributed by atoms with van der Waals surface area (Å²) in [5.74, 6) is 0. The maximum Gasteiger partial charge on any atom is 0.137 e. The van der Waals surface area contributed by atoms with E-state index < -0.39 is 0 Å². The Morgan fingerprint density at radius 2 is 0.912 bits per heavy atom. The van der Waals surface area contributed by atoms with Crippen LogP contribution in [0.15, 0.2) is 223 Å². The maximum absolute atomic E-state index is 6.46. The smallest absolute Gasteiger partial charge is 0.137 e. The Bertz CT molecular complexity index is 3160. The molecule has 2 aromatic heterocycles. The molecule has 0 atom stereocenters. The van der Waals surface area contributed by atoms with Crippen molar-refractivity contribution in [1.82, 2.24) is 4.57 Å². The van der Waals surface area contributed by atoms with E-state index in [2.05, 4.69) is 216 Å². The molecule has 0 fully saturated rings. The summed E-state index contributed by atoms with van der Waals surface area (Å²) in [4.78, 5) is 2.36. The number of benzene rings is 9. The molecule has 0 aliphatic heterocycles. The van der Waals surface area contributed by atoms with Crippen LogP contribution in [0.25, 0.3) is 82.8 Å². The average Bonchev–Trinajstić information content (AvgIpc) is 3.83. The van der Waals surface area contributed by atoms with Crippen molar-refractivity contribution in [3.63, 3.8) is 0 Å². The summed E-state index contributed by atoms with van der Waals surface area (Å²) in [6.07, 6.45) is 0. The van der Waals surface area contributed by atoms with Crippen LogP contribution in [-0.4, -0.2) is 4.57 Å². The van der Waals surface area contributed by atoms with E-state index in [0.29, 0.717) is 0 Å². The standard InChI is InChI=1S/C54H36N2O/c1-4-15-37(16-5-1)40-33-41(38-17-6-2-7-18-38)35-45(34-40)55(44-31-32-48-47-21-11-13-26-52(47)57-53(48)36-44)43-29-27-39(28-30-43)46-23-14-25-51-54(46)49-22-10-12-24-50(49)56(51)42-19-8-3-9-20-42/h1-36H. The zero-order valence-electron chi connectivity index (χ0n) is 31.1. The normalized spacial score (nSPS) is 11.5. The summed E-state index contributed by atoms with van der Waals surface area (Å²) in [7, 11) is 0. The third-order valence-electron chi connectivity index (χ3n) is 11.2. The van der Waals surface area contributed by atoms with Gasteiger partial charge in [0.05, 0.1) is 11.0 Å². The fourth-order valence-corrected chi connectivity index (χ4v) is 8.54. The third kappa shape index (κ3) is 5.68. The molecule has 0 radical (unpaired) electrons. The average molecular weight is 729 g/mol. The molecule has 0 N–H and O–H groups in total. The largest absolute Gasteiger partial charge is 0.456 e. The summed E-state index contributed by atoms with van der Waals surface area (Å²) in [6.45, 7) is 0. The molecule has 11 rings (SSSR count). The number of fused-ring (bicyclic) bond motifs is 6. The van der Waals surface area contributed by atoms with E-state index in [0.717, 1.165) is 61.4 Å². The van der Waals surface area contributed by atoms with Gasteiger partial charge >= 0.3 is 0 Å². The second kappa shape index (κ2) is 13.6. The first kappa shape index (κ1) is 32.8. The van der Waals surface area contributed by atoms with E-state index in [-0.39, 0.29) is 0 Å². The minimum absolute atomic E-state index is 0.860. The first-order valence-corrected chi connectivity index (χ1v) is 19.4. The second-order valence-corrected chi connectivity index (χ2v) is 14.5. The topological polar surface area (TPSA) is 21.3 Å². The number of para-hydroxylation sites is 3. The number of aromatic nitrogens is 1.